The lowest BCUT2D eigenvalue weighted by Gasteiger charge is -2.09. The van der Waals surface area contributed by atoms with Gasteiger partial charge in [-0.2, -0.15) is 0 Å². The minimum Gasteiger partial charge on any atom is -0.378 e. The van der Waals surface area contributed by atoms with E-state index < -0.39 is 0 Å². The summed E-state index contributed by atoms with van der Waals surface area (Å²) in [7, 11) is 0. The maximum atomic E-state index is 4.37. The van der Waals surface area contributed by atoms with Gasteiger partial charge >= 0.3 is 0 Å². The summed E-state index contributed by atoms with van der Waals surface area (Å²) in [5, 5.41) is 13.1. The van der Waals surface area contributed by atoms with Crippen LogP contribution < -0.4 is 5.32 Å². The molecule has 0 aliphatic carbocycles. The number of anilines is 1. The molecule has 0 saturated carbocycles. The van der Waals surface area contributed by atoms with Crippen molar-refractivity contribution >= 4 is 56.0 Å². The molecule has 26 heavy (non-hydrogen) atoms. The Morgan fingerprint density at radius 2 is 2.00 bits per heavy atom. The van der Waals surface area contributed by atoms with Crippen molar-refractivity contribution in [2.24, 2.45) is 0 Å². The zero-order valence-electron chi connectivity index (χ0n) is 14.0. The quantitative estimate of drug-likeness (QED) is 0.225. The number of thioether (sulfide) groups is 1. The van der Waals surface area contributed by atoms with Crippen LogP contribution in [0.1, 0.15) is 11.4 Å². The number of aromatic nitrogens is 3. The molecule has 1 N–H and O–H groups in total. The van der Waals surface area contributed by atoms with E-state index in [0.717, 1.165) is 26.9 Å². The largest absolute Gasteiger partial charge is 0.378 e. The van der Waals surface area contributed by atoms with Gasteiger partial charge in [0.05, 0.1) is 6.54 Å². The second-order valence-corrected chi connectivity index (χ2v) is 8.68. The summed E-state index contributed by atoms with van der Waals surface area (Å²) >= 11 is 7.50. The van der Waals surface area contributed by atoms with Crippen molar-refractivity contribution in [2.75, 3.05) is 5.32 Å². The predicted octanol–water partition coefficient (Wildman–Crippen LogP) is 5.74. The van der Waals surface area contributed by atoms with Crippen LogP contribution in [0.2, 0.25) is 0 Å². The van der Waals surface area contributed by atoms with Crippen LogP contribution in [0.5, 0.6) is 0 Å². The number of allylic oxidation sites excluding steroid dienone is 1. The number of nitrogens with zero attached hydrogens (tertiary/aromatic N) is 3. The SMILES string of the molecule is C=CCn1c(CNc2ccc(I)cc2)nnc1SCc1cccc(Br)c1. The third-order valence-electron chi connectivity index (χ3n) is 3.66. The molecule has 0 fully saturated rings. The Morgan fingerprint density at radius 3 is 2.73 bits per heavy atom. The van der Waals surface area contributed by atoms with Gasteiger partial charge in [-0.15, -0.1) is 16.8 Å². The lowest BCUT2D eigenvalue weighted by atomic mass is 10.2. The van der Waals surface area contributed by atoms with Gasteiger partial charge in [0.25, 0.3) is 0 Å². The fourth-order valence-corrected chi connectivity index (χ4v) is 4.11. The van der Waals surface area contributed by atoms with Gasteiger partial charge in [0, 0.05) is 26.0 Å². The summed E-state index contributed by atoms with van der Waals surface area (Å²) in [4.78, 5) is 0. The van der Waals surface area contributed by atoms with Crippen LogP contribution in [-0.4, -0.2) is 14.8 Å². The fraction of sp³-hybridized carbons (Fsp3) is 0.158. The van der Waals surface area contributed by atoms with Crippen molar-refractivity contribution in [3.8, 4) is 0 Å². The molecule has 1 aromatic heterocycles. The summed E-state index contributed by atoms with van der Waals surface area (Å²) in [6.07, 6.45) is 1.88. The Labute approximate surface area is 179 Å². The van der Waals surface area contributed by atoms with Crippen LogP contribution in [0.15, 0.2) is 70.8 Å². The highest BCUT2D eigenvalue weighted by atomic mass is 127. The number of halogens is 2. The van der Waals surface area contributed by atoms with Crippen molar-refractivity contribution in [1.29, 1.82) is 0 Å². The summed E-state index contributed by atoms with van der Waals surface area (Å²) in [5.74, 6) is 1.75. The molecule has 3 aromatic rings. The molecule has 0 unspecified atom stereocenters. The topological polar surface area (TPSA) is 42.7 Å². The Bertz CT molecular complexity index is 880. The highest BCUT2D eigenvalue weighted by molar-refractivity contribution is 14.1. The van der Waals surface area contributed by atoms with E-state index in [2.05, 4.69) is 102 Å². The molecule has 0 saturated heterocycles. The number of nitrogens with one attached hydrogen (secondary N) is 1. The second-order valence-electron chi connectivity index (χ2n) is 5.58. The lowest BCUT2D eigenvalue weighted by Crippen LogP contribution is -2.09. The van der Waals surface area contributed by atoms with Crippen LogP contribution in [0, 0.1) is 3.57 Å². The van der Waals surface area contributed by atoms with Gasteiger partial charge in [0.2, 0.25) is 0 Å². The van der Waals surface area contributed by atoms with Crippen LogP contribution in [-0.2, 0) is 18.8 Å². The lowest BCUT2D eigenvalue weighted by molar-refractivity contribution is 0.687. The summed E-state index contributed by atoms with van der Waals surface area (Å²) in [5.41, 5.74) is 2.32. The molecule has 0 aliphatic rings. The van der Waals surface area contributed by atoms with Gasteiger partial charge in [0.15, 0.2) is 11.0 Å². The fourth-order valence-electron chi connectivity index (χ4n) is 2.39. The number of hydrogen-bond acceptors (Lipinski definition) is 4. The number of benzene rings is 2. The van der Waals surface area contributed by atoms with Gasteiger partial charge in [0.1, 0.15) is 0 Å². The molecule has 0 amide bonds. The van der Waals surface area contributed by atoms with Gasteiger partial charge in [-0.25, -0.2) is 0 Å². The maximum absolute atomic E-state index is 4.37. The minimum atomic E-state index is 0.624. The number of rotatable bonds is 8. The highest BCUT2D eigenvalue weighted by Crippen LogP contribution is 2.24. The minimum absolute atomic E-state index is 0.624. The summed E-state index contributed by atoms with van der Waals surface area (Å²) < 4.78 is 4.41. The number of hydrogen-bond donors (Lipinski definition) is 1. The van der Waals surface area contributed by atoms with Crippen molar-refractivity contribution in [3.05, 3.63) is 80.6 Å². The first-order valence-electron chi connectivity index (χ1n) is 8.05. The monoisotopic (exact) mass is 540 g/mol. The van der Waals surface area contributed by atoms with Crippen molar-refractivity contribution in [1.82, 2.24) is 14.8 Å². The molecule has 0 spiro atoms. The second kappa shape index (κ2) is 9.57. The Hall–Kier alpha value is -1.32. The van der Waals surface area contributed by atoms with E-state index in [1.165, 1.54) is 9.13 Å². The molecule has 1 heterocycles. The van der Waals surface area contributed by atoms with Crippen LogP contribution in [0.4, 0.5) is 5.69 Å². The molecule has 7 heteroatoms. The first-order chi connectivity index (χ1) is 12.7. The normalized spacial score (nSPS) is 10.7. The third kappa shape index (κ3) is 5.34. The first-order valence-corrected chi connectivity index (χ1v) is 10.9. The molecule has 0 bridgehead atoms. The molecule has 0 radical (unpaired) electrons. The van der Waals surface area contributed by atoms with Gasteiger partial charge in [-0.1, -0.05) is 45.9 Å². The molecule has 0 aliphatic heterocycles. The van der Waals surface area contributed by atoms with Crippen LogP contribution >= 0.6 is 50.3 Å². The van der Waals surface area contributed by atoms with Crippen molar-refractivity contribution in [2.45, 2.75) is 24.0 Å². The predicted molar refractivity (Wildman–Crippen MR) is 120 cm³/mol. The van der Waals surface area contributed by atoms with E-state index in [0.29, 0.717) is 13.1 Å². The zero-order valence-corrected chi connectivity index (χ0v) is 18.6. The maximum Gasteiger partial charge on any atom is 0.191 e. The van der Waals surface area contributed by atoms with E-state index >= 15 is 0 Å². The van der Waals surface area contributed by atoms with E-state index in [-0.39, 0.29) is 0 Å². The molecule has 3 rings (SSSR count). The van der Waals surface area contributed by atoms with Crippen molar-refractivity contribution in [3.63, 3.8) is 0 Å². The Kier molecular flexibility index (Phi) is 7.15. The van der Waals surface area contributed by atoms with E-state index in [9.17, 15) is 0 Å². The highest BCUT2D eigenvalue weighted by Gasteiger charge is 2.12. The molecule has 0 atom stereocenters. The Balaban J connectivity index is 1.68. The third-order valence-corrected chi connectivity index (χ3v) is 5.91. The molecular weight excluding hydrogens is 523 g/mol. The molecule has 4 nitrogen and oxygen atoms in total. The van der Waals surface area contributed by atoms with E-state index in [1.54, 1.807) is 11.8 Å². The van der Waals surface area contributed by atoms with Gasteiger partial charge in [-0.3, -0.25) is 0 Å². The summed E-state index contributed by atoms with van der Waals surface area (Å²) in [6.45, 7) is 5.18. The Morgan fingerprint density at radius 1 is 1.19 bits per heavy atom. The summed E-state index contributed by atoms with van der Waals surface area (Å²) in [6, 6.07) is 16.6. The van der Waals surface area contributed by atoms with Crippen LogP contribution in [0.3, 0.4) is 0 Å². The average molecular weight is 541 g/mol. The van der Waals surface area contributed by atoms with Gasteiger partial charge < -0.3 is 9.88 Å². The first kappa shape index (κ1) is 19.4. The molecular formula is C19H18BrIN4S. The zero-order chi connectivity index (χ0) is 18.4. The molecule has 134 valence electrons. The van der Waals surface area contributed by atoms with E-state index in [1.807, 2.05) is 18.2 Å². The van der Waals surface area contributed by atoms with E-state index in [4.69, 9.17) is 0 Å². The van der Waals surface area contributed by atoms with Crippen LogP contribution in [0.25, 0.3) is 0 Å². The smallest absolute Gasteiger partial charge is 0.191 e. The van der Waals surface area contributed by atoms with Crippen molar-refractivity contribution < 1.29 is 0 Å². The van der Waals surface area contributed by atoms with Gasteiger partial charge in [-0.05, 0) is 64.6 Å². The average Bonchev–Trinajstić information content (AvgIpc) is 3.02. The standard InChI is InChI=1S/C19H18BrIN4S/c1-2-10-25-18(12-22-17-8-6-16(21)7-9-17)23-24-19(25)26-13-14-4-3-5-15(20)11-14/h2-9,11,22H,1,10,12-13H2. The molecule has 2 aromatic carbocycles.